The Kier molecular flexibility index (Phi) is 5.76. The van der Waals surface area contributed by atoms with E-state index in [1.54, 1.807) is 29.9 Å². The molecule has 1 aromatic carbocycles. The lowest BCUT2D eigenvalue weighted by Gasteiger charge is -2.27. The van der Waals surface area contributed by atoms with Crippen LogP contribution in [0.4, 0.5) is 0 Å². The van der Waals surface area contributed by atoms with Crippen molar-refractivity contribution in [3.8, 4) is 5.75 Å². The maximum absolute atomic E-state index is 12.4. The number of hydrogen-bond donors (Lipinski definition) is 1. The highest BCUT2D eigenvalue weighted by Gasteiger charge is 2.21. The average Bonchev–Trinajstić information content (AvgIpc) is 2.99. The van der Waals surface area contributed by atoms with Crippen LogP contribution in [-0.2, 0) is 11.3 Å². The lowest BCUT2D eigenvalue weighted by molar-refractivity contribution is -0.133. The van der Waals surface area contributed by atoms with Crippen molar-refractivity contribution in [3.63, 3.8) is 0 Å². The van der Waals surface area contributed by atoms with Gasteiger partial charge in [-0.1, -0.05) is 12.1 Å². The van der Waals surface area contributed by atoms with Gasteiger partial charge >= 0.3 is 0 Å². The summed E-state index contributed by atoms with van der Waals surface area (Å²) in [5, 5.41) is 13.8. The number of carbonyl (C=O) groups excluding carboxylic acids is 1. The van der Waals surface area contributed by atoms with Gasteiger partial charge in [0, 0.05) is 26.2 Å². The number of amides is 1. The van der Waals surface area contributed by atoms with Gasteiger partial charge in [0.2, 0.25) is 5.91 Å². The SMILES string of the molecule is COc1ccc(C(CO)N(C)C(=O)CCn2cc(C)cn2)cc1. The highest BCUT2D eigenvalue weighted by Crippen LogP contribution is 2.22. The van der Waals surface area contributed by atoms with Gasteiger partial charge in [0.05, 0.1) is 26.0 Å². The Morgan fingerprint density at radius 1 is 1.39 bits per heavy atom. The number of ether oxygens (including phenoxy) is 1. The molecule has 1 unspecified atom stereocenters. The molecule has 1 N–H and O–H groups in total. The molecule has 1 amide bonds. The summed E-state index contributed by atoms with van der Waals surface area (Å²) in [7, 11) is 3.31. The average molecular weight is 317 g/mol. The monoisotopic (exact) mass is 317 g/mol. The molecule has 2 aromatic rings. The van der Waals surface area contributed by atoms with Gasteiger partial charge in [0.25, 0.3) is 0 Å². The molecule has 0 aliphatic carbocycles. The first kappa shape index (κ1) is 17.0. The summed E-state index contributed by atoms with van der Waals surface area (Å²) in [5.41, 5.74) is 1.94. The first-order valence-electron chi connectivity index (χ1n) is 7.54. The van der Waals surface area contributed by atoms with Crippen molar-refractivity contribution >= 4 is 5.91 Å². The van der Waals surface area contributed by atoms with Crippen LogP contribution in [0.5, 0.6) is 5.75 Å². The lowest BCUT2D eigenvalue weighted by atomic mass is 10.1. The summed E-state index contributed by atoms with van der Waals surface area (Å²) in [4.78, 5) is 14.0. The summed E-state index contributed by atoms with van der Waals surface area (Å²) < 4.78 is 6.88. The van der Waals surface area contributed by atoms with Crippen LogP contribution >= 0.6 is 0 Å². The van der Waals surface area contributed by atoms with E-state index >= 15 is 0 Å². The molecule has 1 aromatic heterocycles. The molecule has 124 valence electrons. The molecule has 1 atom stereocenters. The van der Waals surface area contributed by atoms with Gasteiger partial charge in [0.1, 0.15) is 5.75 Å². The molecular weight excluding hydrogens is 294 g/mol. The summed E-state index contributed by atoms with van der Waals surface area (Å²) in [6.07, 6.45) is 4.01. The number of carbonyl (C=O) groups is 1. The van der Waals surface area contributed by atoms with Crippen molar-refractivity contribution in [1.82, 2.24) is 14.7 Å². The van der Waals surface area contributed by atoms with Crippen molar-refractivity contribution in [2.45, 2.75) is 25.9 Å². The third kappa shape index (κ3) is 4.32. The van der Waals surface area contributed by atoms with E-state index in [4.69, 9.17) is 4.74 Å². The molecule has 0 bridgehead atoms. The Balaban J connectivity index is 1.99. The van der Waals surface area contributed by atoms with Crippen molar-refractivity contribution in [2.75, 3.05) is 20.8 Å². The number of methoxy groups -OCH3 is 1. The largest absolute Gasteiger partial charge is 0.497 e. The van der Waals surface area contributed by atoms with Gasteiger partial charge < -0.3 is 14.7 Å². The van der Waals surface area contributed by atoms with Crippen LogP contribution in [-0.4, -0.2) is 46.5 Å². The number of aliphatic hydroxyl groups is 1. The summed E-state index contributed by atoms with van der Waals surface area (Å²) in [5.74, 6) is 0.710. The molecule has 0 fully saturated rings. The lowest BCUT2D eigenvalue weighted by Crippen LogP contribution is -2.33. The summed E-state index contributed by atoms with van der Waals surface area (Å²) in [6, 6.07) is 7.00. The van der Waals surface area contributed by atoms with Crippen LogP contribution in [0.2, 0.25) is 0 Å². The first-order valence-corrected chi connectivity index (χ1v) is 7.54. The molecule has 1 heterocycles. The second kappa shape index (κ2) is 7.78. The molecule has 0 aliphatic rings. The van der Waals surface area contributed by atoms with E-state index < -0.39 is 0 Å². The fourth-order valence-corrected chi connectivity index (χ4v) is 2.43. The molecule has 6 nitrogen and oxygen atoms in total. The Morgan fingerprint density at radius 2 is 2.09 bits per heavy atom. The smallest absolute Gasteiger partial charge is 0.224 e. The van der Waals surface area contributed by atoms with Gasteiger partial charge in [-0.2, -0.15) is 5.10 Å². The topological polar surface area (TPSA) is 67.6 Å². The quantitative estimate of drug-likeness (QED) is 0.845. The normalized spacial score (nSPS) is 12.0. The Morgan fingerprint density at radius 3 is 2.61 bits per heavy atom. The zero-order valence-corrected chi connectivity index (χ0v) is 13.8. The van der Waals surface area contributed by atoms with E-state index in [0.29, 0.717) is 13.0 Å². The van der Waals surface area contributed by atoms with E-state index in [1.165, 1.54) is 0 Å². The van der Waals surface area contributed by atoms with Gasteiger partial charge in [-0.05, 0) is 30.2 Å². The molecule has 23 heavy (non-hydrogen) atoms. The Labute approximate surface area is 136 Å². The molecular formula is C17H23N3O3. The van der Waals surface area contributed by atoms with Crippen molar-refractivity contribution in [3.05, 3.63) is 47.8 Å². The zero-order valence-electron chi connectivity index (χ0n) is 13.8. The van der Waals surface area contributed by atoms with Gasteiger partial charge in [-0.3, -0.25) is 9.48 Å². The second-order valence-corrected chi connectivity index (χ2v) is 5.51. The highest BCUT2D eigenvalue weighted by atomic mass is 16.5. The molecule has 0 saturated heterocycles. The summed E-state index contributed by atoms with van der Waals surface area (Å²) >= 11 is 0. The van der Waals surface area contributed by atoms with Crippen LogP contribution in [0.25, 0.3) is 0 Å². The predicted molar refractivity (Wildman–Crippen MR) is 87.2 cm³/mol. The van der Waals surface area contributed by atoms with Crippen LogP contribution in [0.15, 0.2) is 36.7 Å². The first-order chi connectivity index (χ1) is 11.0. The van der Waals surface area contributed by atoms with Crippen LogP contribution in [0, 0.1) is 6.92 Å². The molecule has 0 radical (unpaired) electrons. The fraction of sp³-hybridized carbons (Fsp3) is 0.412. The van der Waals surface area contributed by atoms with Crippen LogP contribution in [0.1, 0.15) is 23.6 Å². The Bertz CT molecular complexity index is 637. The number of aliphatic hydroxyl groups excluding tert-OH is 1. The molecule has 6 heteroatoms. The number of aryl methyl sites for hydroxylation is 2. The minimum atomic E-state index is -0.368. The molecule has 0 aliphatic heterocycles. The molecule has 2 rings (SSSR count). The minimum Gasteiger partial charge on any atom is -0.497 e. The third-order valence-electron chi connectivity index (χ3n) is 3.85. The van der Waals surface area contributed by atoms with E-state index in [-0.39, 0.29) is 18.6 Å². The number of rotatable bonds is 7. The zero-order chi connectivity index (χ0) is 16.8. The van der Waals surface area contributed by atoms with E-state index in [9.17, 15) is 9.90 Å². The number of nitrogens with zero attached hydrogens (tertiary/aromatic N) is 3. The van der Waals surface area contributed by atoms with E-state index in [1.807, 2.05) is 37.4 Å². The summed E-state index contributed by atoms with van der Waals surface area (Å²) in [6.45, 7) is 2.36. The maximum atomic E-state index is 12.4. The van der Waals surface area contributed by atoms with Crippen LogP contribution < -0.4 is 4.74 Å². The van der Waals surface area contributed by atoms with E-state index in [2.05, 4.69) is 5.10 Å². The number of aromatic nitrogens is 2. The van der Waals surface area contributed by atoms with Gasteiger partial charge in [0.15, 0.2) is 0 Å². The van der Waals surface area contributed by atoms with Gasteiger partial charge in [-0.25, -0.2) is 0 Å². The van der Waals surface area contributed by atoms with E-state index in [0.717, 1.165) is 16.9 Å². The second-order valence-electron chi connectivity index (χ2n) is 5.51. The van der Waals surface area contributed by atoms with Gasteiger partial charge in [-0.15, -0.1) is 0 Å². The van der Waals surface area contributed by atoms with Crippen LogP contribution in [0.3, 0.4) is 0 Å². The van der Waals surface area contributed by atoms with Crippen molar-refractivity contribution < 1.29 is 14.6 Å². The number of hydrogen-bond acceptors (Lipinski definition) is 4. The highest BCUT2D eigenvalue weighted by molar-refractivity contribution is 5.76. The minimum absolute atomic E-state index is 0.0342. The predicted octanol–water partition coefficient (Wildman–Crippen LogP) is 1.78. The molecule has 0 saturated carbocycles. The molecule has 0 spiro atoms. The Hall–Kier alpha value is -2.34. The number of likely N-dealkylation sites (N-methyl/N-ethyl adjacent to an activating group) is 1. The third-order valence-corrected chi connectivity index (χ3v) is 3.85. The fourth-order valence-electron chi connectivity index (χ4n) is 2.43. The standard InChI is InChI=1S/C17H23N3O3/c1-13-10-18-20(11-13)9-8-17(22)19(2)16(12-21)14-4-6-15(23-3)7-5-14/h4-7,10-11,16,21H,8-9,12H2,1-3H3. The maximum Gasteiger partial charge on any atom is 0.224 e. The van der Waals surface area contributed by atoms with Crippen molar-refractivity contribution in [1.29, 1.82) is 0 Å². The van der Waals surface area contributed by atoms with Crippen molar-refractivity contribution in [2.24, 2.45) is 0 Å². The number of benzene rings is 1.